The Bertz CT molecular complexity index is 169. The van der Waals surface area contributed by atoms with Crippen molar-refractivity contribution in [2.24, 2.45) is 0 Å². The monoisotopic (exact) mass is 232 g/mol. The summed E-state index contributed by atoms with van der Waals surface area (Å²) in [6.07, 6.45) is 8.53. The van der Waals surface area contributed by atoms with Crippen LogP contribution in [0.3, 0.4) is 0 Å². The van der Waals surface area contributed by atoms with Gasteiger partial charge in [0.25, 0.3) is 0 Å². The summed E-state index contributed by atoms with van der Waals surface area (Å²) in [7, 11) is 0.848. The molecular weight excluding hydrogens is 211 g/mol. The molecule has 0 heterocycles. The van der Waals surface area contributed by atoms with Gasteiger partial charge in [-0.1, -0.05) is 25.5 Å². The van der Waals surface area contributed by atoms with E-state index in [2.05, 4.69) is 19.1 Å². The molecule has 0 saturated carbocycles. The maximum atomic E-state index is 11.3. The third-order valence-electron chi connectivity index (χ3n) is 1.68. The van der Waals surface area contributed by atoms with Gasteiger partial charge >= 0.3 is 0 Å². The molecule has 0 fully saturated rings. The lowest BCUT2D eigenvalue weighted by Crippen LogP contribution is -2.04. The van der Waals surface area contributed by atoms with E-state index < -0.39 is 0 Å². The quantitative estimate of drug-likeness (QED) is 0.344. The van der Waals surface area contributed by atoms with E-state index >= 15 is 0 Å². The summed E-state index contributed by atoms with van der Waals surface area (Å²) < 4.78 is 0. The molecule has 0 amide bonds. The maximum Gasteiger partial charge on any atom is 0.146 e. The SMILES string of the molecule is CC=CCCSCC(=O)CPCCC. The highest BCUT2D eigenvalue weighted by molar-refractivity contribution is 7.99. The summed E-state index contributed by atoms with van der Waals surface area (Å²) in [6, 6.07) is 0. The third kappa shape index (κ3) is 10.3. The number of thioether (sulfide) groups is 1. The van der Waals surface area contributed by atoms with Crippen LogP contribution in [0.4, 0.5) is 0 Å². The molecule has 0 radical (unpaired) electrons. The minimum absolute atomic E-state index is 0.433. The van der Waals surface area contributed by atoms with Crippen molar-refractivity contribution in [3.8, 4) is 0 Å². The van der Waals surface area contributed by atoms with Crippen LogP contribution >= 0.6 is 20.3 Å². The number of allylic oxidation sites excluding steroid dienone is 2. The summed E-state index contributed by atoms with van der Waals surface area (Å²) in [4.78, 5) is 11.3. The average molecular weight is 232 g/mol. The van der Waals surface area contributed by atoms with Crippen molar-refractivity contribution in [1.29, 1.82) is 0 Å². The van der Waals surface area contributed by atoms with Gasteiger partial charge in [-0.25, -0.2) is 0 Å². The van der Waals surface area contributed by atoms with Crippen molar-refractivity contribution in [3.05, 3.63) is 12.2 Å². The first-order valence-electron chi connectivity index (χ1n) is 5.22. The summed E-state index contributed by atoms with van der Waals surface area (Å²) in [5.74, 6) is 2.23. The second-order valence-corrected chi connectivity index (χ2v) is 5.58. The number of hydrogen-bond donors (Lipinski definition) is 0. The molecule has 0 aliphatic heterocycles. The number of Topliss-reactive ketones (excluding diaryl/α,β-unsaturated/α-hetero) is 1. The molecule has 0 aliphatic rings. The van der Waals surface area contributed by atoms with Crippen LogP contribution in [0, 0.1) is 0 Å². The van der Waals surface area contributed by atoms with E-state index in [0.29, 0.717) is 11.5 Å². The smallest absolute Gasteiger partial charge is 0.146 e. The van der Waals surface area contributed by atoms with E-state index in [1.54, 1.807) is 11.8 Å². The van der Waals surface area contributed by atoms with Gasteiger partial charge in [-0.15, -0.1) is 8.58 Å². The predicted molar refractivity (Wildman–Crippen MR) is 70.1 cm³/mol. The van der Waals surface area contributed by atoms with Crippen molar-refractivity contribution < 1.29 is 4.79 Å². The highest BCUT2D eigenvalue weighted by atomic mass is 32.2. The van der Waals surface area contributed by atoms with Gasteiger partial charge < -0.3 is 0 Å². The minimum Gasteiger partial charge on any atom is -0.298 e. The first kappa shape index (κ1) is 14.2. The van der Waals surface area contributed by atoms with Crippen LogP contribution in [0.5, 0.6) is 0 Å². The highest BCUT2D eigenvalue weighted by Gasteiger charge is 2.00. The van der Waals surface area contributed by atoms with Crippen molar-refractivity contribution in [2.75, 3.05) is 23.8 Å². The van der Waals surface area contributed by atoms with Crippen LogP contribution in [0.15, 0.2) is 12.2 Å². The molecule has 3 heteroatoms. The van der Waals surface area contributed by atoms with E-state index in [1.165, 1.54) is 12.6 Å². The summed E-state index contributed by atoms with van der Waals surface area (Å²) in [5, 5.41) is 0. The highest BCUT2D eigenvalue weighted by Crippen LogP contribution is 2.12. The Morgan fingerprint density at radius 1 is 1.50 bits per heavy atom. The number of hydrogen-bond acceptors (Lipinski definition) is 2. The standard InChI is InChI=1S/C11H21OPS/c1-3-5-6-8-14-10-11(12)9-13-7-4-2/h3,5,13H,4,6-10H2,1-2H3. The molecule has 0 aromatic carbocycles. The second kappa shape index (κ2) is 11.3. The van der Waals surface area contributed by atoms with Crippen LogP contribution in [0.1, 0.15) is 26.7 Å². The first-order chi connectivity index (χ1) is 6.81. The van der Waals surface area contributed by atoms with Gasteiger partial charge in [0.05, 0.1) is 5.75 Å². The zero-order valence-electron chi connectivity index (χ0n) is 9.21. The third-order valence-corrected chi connectivity index (χ3v) is 4.22. The average Bonchev–Trinajstić information content (AvgIpc) is 2.18. The van der Waals surface area contributed by atoms with E-state index in [4.69, 9.17) is 0 Å². The van der Waals surface area contributed by atoms with E-state index in [1.807, 2.05) is 6.92 Å². The molecule has 1 atom stereocenters. The molecule has 0 aliphatic carbocycles. The molecule has 14 heavy (non-hydrogen) atoms. The van der Waals surface area contributed by atoms with Gasteiger partial charge in [0.2, 0.25) is 0 Å². The molecule has 82 valence electrons. The van der Waals surface area contributed by atoms with E-state index in [9.17, 15) is 4.79 Å². The molecular formula is C11H21OPS. The fraction of sp³-hybridized carbons (Fsp3) is 0.727. The molecule has 0 N–H and O–H groups in total. The predicted octanol–water partition coefficient (Wildman–Crippen LogP) is 3.34. The Labute approximate surface area is 93.9 Å². The Kier molecular flexibility index (Phi) is 11.4. The van der Waals surface area contributed by atoms with Crippen molar-refractivity contribution >= 4 is 26.1 Å². The Morgan fingerprint density at radius 2 is 2.29 bits per heavy atom. The molecule has 1 nitrogen and oxygen atoms in total. The molecule has 0 aromatic rings. The lowest BCUT2D eigenvalue weighted by Gasteiger charge is -1.99. The molecule has 0 saturated heterocycles. The van der Waals surface area contributed by atoms with Gasteiger partial charge in [0, 0.05) is 6.16 Å². The van der Waals surface area contributed by atoms with Gasteiger partial charge in [-0.2, -0.15) is 11.8 Å². The van der Waals surface area contributed by atoms with Gasteiger partial charge in [-0.05, 0) is 25.3 Å². The second-order valence-electron chi connectivity index (χ2n) is 3.13. The number of carbonyl (C=O) groups is 1. The zero-order chi connectivity index (χ0) is 10.6. The van der Waals surface area contributed by atoms with Gasteiger partial charge in [0.1, 0.15) is 5.78 Å². The lowest BCUT2D eigenvalue weighted by molar-refractivity contribution is -0.114. The van der Waals surface area contributed by atoms with Crippen LogP contribution in [0.2, 0.25) is 0 Å². The molecule has 0 aromatic heterocycles. The Balaban J connectivity index is 3.18. The zero-order valence-corrected chi connectivity index (χ0v) is 11.0. The summed E-state index contributed by atoms with van der Waals surface area (Å²) >= 11 is 1.76. The largest absolute Gasteiger partial charge is 0.298 e. The normalized spacial score (nSPS) is 11.9. The Hall–Kier alpha value is 0.190. The topological polar surface area (TPSA) is 17.1 Å². The van der Waals surface area contributed by atoms with Crippen LogP contribution in [0.25, 0.3) is 0 Å². The van der Waals surface area contributed by atoms with Crippen molar-refractivity contribution in [1.82, 2.24) is 0 Å². The van der Waals surface area contributed by atoms with Gasteiger partial charge in [-0.3, -0.25) is 4.79 Å². The molecule has 1 unspecified atom stereocenters. The molecule has 0 bridgehead atoms. The molecule has 0 spiro atoms. The maximum absolute atomic E-state index is 11.3. The number of ketones is 1. The van der Waals surface area contributed by atoms with Crippen LogP contribution < -0.4 is 0 Å². The van der Waals surface area contributed by atoms with E-state index in [-0.39, 0.29) is 0 Å². The Morgan fingerprint density at radius 3 is 2.93 bits per heavy atom. The lowest BCUT2D eigenvalue weighted by atomic mass is 10.4. The fourth-order valence-corrected chi connectivity index (χ4v) is 2.85. The van der Waals surface area contributed by atoms with Crippen molar-refractivity contribution in [2.45, 2.75) is 26.7 Å². The minimum atomic E-state index is 0.433. The first-order valence-corrected chi connectivity index (χ1v) is 7.79. The summed E-state index contributed by atoms with van der Waals surface area (Å²) in [6.45, 7) is 4.20. The molecule has 0 rings (SSSR count). The summed E-state index contributed by atoms with van der Waals surface area (Å²) in [5.41, 5.74) is 0. The van der Waals surface area contributed by atoms with E-state index in [0.717, 1.165) is 26.9 Å². The van der Waals surface area contributed by atoms with Crippen LogP contribution in [-0.4, -0.2) is 29.6 Å². The van der Waals surface area contributed by atoms with Crippen molar-refractivity contribution in [3.63, 3.8) is 0 Å². The van der Waals surface area contributed by atoms with Gasteiger partial charge in [0.15, 0.2) is 0 Å². The number of carbonyl (C=O) groups excluding carboxylic acids is 1. The number of rotatable bonds is 9. The fourth-order valence-electron chi connectivity index (χ4n) is 0.960. The van der Waals surface area contributed by atoms with Crippen LogP contribution in [-0.2, 0) is 4.79 Å².